The number of benzene rings is 1. The van der Waals surface area contributed by atoms with Crippen LogP contribution in [0.2, 0.25) is 0 Å². The quantitative estimate of drug-likeness (QED) is 0.512. The first-order chi connectivity index (χ1) is 7.61. The number of anilines is 1. The van der Waals surface area contributed by atoms with Gasteiger partial charge in [-0.2, -0.15) is 0 Å². The summed E-state index contributed by atoms with van der Waals surface area (Å²) in [5.41, 5.74) is 6.75. The smallest absolute Gasteiger partial charge is 0.425 e. The maximum absolute atomic E-state index is 10.7. The Bertz CT molecular complexity index is 378. The van der Waals surface area contributed by atoms with E-state index in [9.17, 15) is 4.79 Å². The Morgan fingerprint density at radius 1 is 1.25 bits per heavy atom. The highest BCUT2D eigenvalue weighted by Gasteiger charge is 1.99. The topological polar surface area (TPSA) is 62.4 Å². The van der Waals surface area contributed by atoms with Crippen LogP contribution in [0.5, 0.6) is 0 Å². The molecule has 1 aromatic carbocycles. The molecule has 0 aliphatic heterocycles. The Morgan fingerprint density at radius 2 is 1.88 bits per heavy atom. The summed E-state index contributed by atoms with van der Waals surface area (Å²) in [5.74, 6) is 0. The van der Waals surface area contributed by atoms with Crippen molar-refractivity contribution in [3.8, 4) is 0 Å². The van der Waals surface area contributed by atoms with Crippen LogP contribution in [0.4, 0.5) is 10.5 Å². The standard InChI is InChI=1S/C10H13N3O2S/c1-7-3-5-8(6-4-7)11-9(16)12-13-10(14)15-2/h3-6H,1-2H3,(H,13,14)(H2,11,12,16). The van der Waals surface area contributed by atoms with Crippen molar-refractivity contribution in [3.05, 3.63) is 29.8 Å². The van der Waals surface area contributed by atoms with Crippen LogP contribution in [0.1, 0.15) is 5.56 Å². The van der Waals surface area contributed by atoms with E-state index in [0.717, 1.165) is 11.3 Å². The molecule has 0 saturated carbocycles. The molecule has 0 aliphatic rings. The van der Waals surface area contributed by atoms with Crippen LogP contribution in [-0.4, -0.2) is 18.3 Å². The van der Waals surface area contributed by atoms with E-state index in [-0.39, 0.29) is 5.11 Å². The van der Waals surface area contributed by atoms with Gasteiger partial charge in [0.15, 0.2) is 5.11 Å². The van der Waals surface area contributed by atoms with Crippen molar-refractivity contribution < 1.29 is 9.53 Å². The third-order valence-electron chi connectivity index (χ3n) is 1.77. The van der Waals surface area contributed by atoms with Gasteiger partial charge < -0.3 is 10.1 Å². The van der Waals surface area contributed by atoms with E-state index < -0.39 is 6.09 Å². The average molecular weight is 239 g/mol. The minimum Gasteiger partial charge on any atom is -0.452 e. The lowest BCUT2D eigenvalue weighted by atomic mass is 10.2. The monoisotopic (exact) mass is 239 g/mol. The largest absolute Gasteiger partial charge is 0.452 e. The number of aryl methyl sites for hydroxylation is 1. The lowest BCUT2D eigenvalue weighted by Gasteiger charge is -2.10. The third kappa shape index (κ3) is 4.14. The second-order valence-electron chi connectivity index (χ2n) is 3.06. The van der Waals surface area contributed by atoms with Gasteiger partial charge in [-0.15, -0.1) is 0 Å². The van der Waals surface area contributed by atoms with Gasteiger partial charge in [0.2, 0.25) is 0 Å². The maximum Gasteiger partial charge on any atom is 0.425 e. The first kappa shape index (κ1) is 12.3. The summed E-state index contributed by atoms with van der Waals surface area (Å²) in [4.78, 5) is 10.7. The Morgan fingerprint density at radius 3 is 2.44 bits per heavy atom. The second kappa shape index (κ2) is 5.92. The average Bonchev–Trinajstić information content (AvgIpc) is 2.29. The van der Waals surface area contributed by atoms with Crippen molar-refractivity contribution in [1.29, 1.82) is 0 Å². The number of rotatable bonds is 1. The number of carbonyl (C=O) groups excluding carboxylic acids is 1. The lowest BCUT2D eigenvalue weighted by Crippen LogP contribution is -2.43. The van der Waals surface area contributed by atoms with Gasteiger partial charge in [-0.1, -0.05) is 17.7 Å². The zero-order valence-corrected chi connectivity index (χ0v) is 9.85. The number of hydrogen-bond donors (Lipinski definition) is 3. The fourth-order valence-corrected chi connectivity index (χ4v) is 1.13. The number of carbonyl (C=O) groups is 1. The molecule has 6 heteroatoms. The van der Waals surface area contributed by atoms with Gasteiger partial charge in [0.25, 0.3) is 0 Å². The molecule has 86 valence electrons. The van der Waals surface area contributed by atoms with Gasteiger partial charge in [0.1, 0.15) is 0 Å². The molecule has 0 heterocycles. The number of ether oxygens (including phenoxy) is 1. The number of methoxy groups -OCH3 is 1. The minimum atomic E-state index is -0.604. The molecule has 16 heavy (non-hydrogen) atoms. The van der Waals surface area contributed by atoms with Crippen molar-refractivity contribution in [2.24, 2.45) is 0 Å². The Labute approximate surface area is 99.1 Å². The van der Waals surface area contributed by atoms with E-state index in [2.05, 4.69) is 20.9 Å². The number of nitrogens with one attached hydrogen (secondary N) is 3. The summed E-state index contributed by atoms with van der Waals surface area (Å²) in [7, 11) is 1.27. The number of hydrogen-bond acceptors (Lipinski definition) is 3. The molecule has 0 bridgehead atoms. The van der Waals surface area contributed by atoms with Gasteiger partial charge in [-0.3, -0.25) is 5.43 Å². The molecule has 0 saturated heterocycles. The lowest BCUT2D eigenvalue weighted by molar-refractivity contribution is 0.169. The molecule has 0 aromatic heterocycles. The van der Waals surface area contributed by atoms with E-state index in [1.807, 2.05) is 31.2 Å². The molecule has 3 N–H and O–H groups in total. The van der Waals surface area contributed by atoms with Crippen molar-refractivity contribution in [1.82, 2.24) is 10.9 Å². The molecular formula is C10H13N3O2S. The summed E-state index contributed by atoms with van der Waals surface area (Å²) in [6, 6.07) is 7.69. The molecule has 0 unspecified atom stereocenters. The number of hydrazine groups is 1. The first-order valence-corrected chi connectivity index (χ1v) is 5.00. The van der Waals surface area contributed by atoms with Crippen molar-refractivity contribution in [3.63, 3.8) is 0 Å². The molecule has 5 nitrogen and oxygen atoms in total. The van der Waals surface area contributed by atoms with Crippen molar-refractivity contribution >= 4 is 29.1 Å². The Balaban J connectivity index is 2.40. The van der Waals surface area contributed by atoms with Gasteiger partial charge >= 0.3 is 6.09 Å². The van der Waals surface area contributed by atoms with Gasteiger partial charge in [-0.05, 0) is 31.3 Å². The van der Waals surface area contributed by atoms with E-state index in [1.165, 1.54) is 7.11 Å². The summed E-state index contributed by atoms with van der Waals surface area (Å²) < 4.78 is 4.37. The number of thiocarbonyl (C=S) groups is 1. The fraction of sp³-hybridized carbons (Fsp3) is 0.200. The van der Waals surface area contributed by atoms with Crippen LogP contribution < -0.4 is 16.2 Å². The first-order valence-electron chi connectivity index (χ1n) is 4.59. The van der Waals surface area contributed by atoms with Crippen LogP contribution in [0.15, 0.2) is 24.3 Å². The molecule has 0 spiro atoms. The van der Waals surface area contributed by atoms with Gasteiger partial charge in [-0.25, -0.2) is 10.2 Å². The maximum atomic E-state index is 10.7. The SMILES string of the molecule is COC(=O)NNC(=S)Nc1ccc(C)cc1. The highest BCUT2D eigenvalue weighted by atomic mass is 32.1. The van der Waals surface area contributed by atoms with Crippen molar-refractivity contribution in [2.45, 2.75) is 6.92 Å². The fourth-order valence-electron chi connectivity index (χ4n) is 0.958. The van der Waals surface area contributed by atoms with Crippen LogP contribution >= 0.6 is 12.2 Å². The van der Waals surface area contributed by atoms with E-state index in [1.54, 1.807) is 0 Å². The molecule has 0 aliphatic carbocycles. The summed E-state index contributed by atoms with van der Waals surface area (Å²) >= 11 is 4.94. The highest BCUT2D eigenvalue weighted by molar-refractivity contribution is 7.80. The minimum absolute atomic E-state index is 0.286. The Kier molecular flexibility index (Phi) is 4.53. The third-order valence-corrected chi connectivity index (χ3v) is 1.98. The van der Waals surface area contributed by atoms with Crippen LogP contribution in [0.25, 0.3) is 0 Å². The zero-order valence-electron chi connectivity index (χ0n) is 9.03. The van der Waals surface area contributed by atoms with Crippen molar-refractivity contribution in [2.75, 3.05) is 12.4 Å². The Hall–Kier alpha value is -1.82. The molecule has 0 atom stereocenters. The predicted molar refractivity (Wildman–Crippen MR) is 66.1 cm³/mol. The van der Waals surface area contributed by atoms with Crippen LogP contribution in [-0.2, 0) is 4.74 Å². The molecule has 1 aromatic rings. The number of amides is 1. The van der Waals surface area contributed by atoms with E-state index in [4.69, 9.17) is 12.2 Å². The van der Waals surface area contributed by atoms with Crippen LogP contribution in [0, 0.1) is 6.92 Å². The summed E-state index contributed by atoms with van der Waals surface area (Å²) in [6.45, 7) is 2.00. The molecule has 0 fully saturated rings. The molecule has 1 rings (SSSR count). The molecule has 1 amide bonds. The second-order valence-corrected chi connectivity index (χ2v) is 3.47. The molecular weight excluding hydrogens is 226 g/mol. The highest BCUT2D eigenvalue weighted by Crippen LogP contribution is 2.07. The zero-order chi connectivity index (χ0) is 12.0. The predicted octanol–water partition coefficient (Wildman–Crippen LogP) is 1.55. The van der Waals surface area contributed by atoms with E-state index in [0.29, 0.717) is 0 Å². The summed E-state index contributed by atoms with van der Waals surface area (Å²) in [5, 5.41) is 3.18. The normalized spacial score (nSPS) is 9.12. The van der Waals surface area contributed by atoms with Gasteiger partial charge in [0, 0.05) is 5.69 Å². The molecule has 0 radical (unpaired) electrons. The summed E-state index contributed by atoms with van der Waals surface area (Å²) in [6.07, 6.45) is -0.604. The van der Waals surface area contributed by atoms with Crippen LogP contribution in [0.3, 0.4) is 0 Å². The van der Waals surface area contributed by atoms with Gasteiger partial charge in [0.05, 0.1) is 7.11 Å². The van der Waals surface area contributed by atoms with E-state index >= 15 is 0 Å².